The normalized spacial score (nSPS) is 15.8. The first-order valence-corrected chi connectivity index (χ1v) is 8.57. The Morgan fingerprint density at radius 1 is 1.28 bits per heavy atom. The van der Waals surface area contributed by atoms with Crippen molar-refractivity contribution < 1.29 is 9.59 Å². The number of aryl methyl sites for hydroxylation is 1. The van der Waals surface area contributed by atoms with Crippen LogP contribution in [0.3, 0.4) is 0 Å². The third-order valence-corrected chi connectivity index (χ3v) is 4.80. The molecule has 1 aliphatic rings. The first-order valence-electron chi connectivity index (χ1n) is 6.60. The van der Waals surface area contributed by atoms with Crippen molar-refractivity contribution in [1.29, 1.82) is 0 Å². The molecule has 1 aromatic rings. The molecule has 0 saturated heterocycles. The number of benzene rings is 1. The summed E-state index contributed by atoms with van der Waals surface area (Å²) in [6, 6.07) is 8.07. The van der Waals surface area contributed by atoms with Crippen molar-refractivity contribution in [1.82, 2.24) is 0 Å². The fourth-order valence-corrected chi connectivity index (χ4v) is 2.89. The molecule has 0 spiro atoms. The van der Waals surface area contributed by atoms with Crippen molar-refractivity contribution in [3.05, 3.63) is 29.8 Å². The molecule has 18 heavy (non-hydrogen) atoms. The van der Waals surface area contributed by atoms with Crippen LogP contribution in [0.5, 0.6) is 0 Å². The Balaban J connectivity index is 0.000000199. The molecular formula is C14H22O2Si2. The Morgan fingerprint density at radius 2 is 1.94 bits per heavy atom. The molecule has 1 aliphatic carbocycles. The van der Waals surface area contributed by atoms with Crippen LogP contribution >= 0.6 is 0 Å². The summed E-state index contributed by atoms with van der Waals surface area (Å²) in [4.78, 5) is 17.5. The van der Waals surface area contributed by atoms with Gasteiger partial charge >= 0.3 is 0 Å². The second kappa shape index (κ2) is 8.64. The van der Waals surface area contributed by atoms with Gasteiger partial charge in [-0.15, -0.1) is 0 Å². The zero-order valence-corrected chi connectivity index (χ0v) is 13.2. The zero-order valence-electron chi connectivity index (χ0n) is 11.2. The van der Waals surface area contributed by atoms with Crippen molar-refractivity contribution in [2.24, 2.45) is 5.92 Å². The molecule has 0 aromatic heterocycles. The van der Waals surface area contributed by atoms with E-state index >= 15 is 0 Å². The van der Waals surface area contributed by atoms with Gasteiger partial charge in [0.25, 0.3) is 9.76 Å². The van der Waals surface area contributed by atoms with E-state index in [4.69, 9.17) is 9.59 Å². The van der Waals surface area contributed by atoms with Crippen molar-refractivity contribution in [3.8, 4) is 0 Å². The zero-order chi connectivity index (χ0) is 13.4. The minimum Gasteiger partial charge on any atom is -0.431 e. The Hall–Kier alpha value is -0.426. The van der Waals surface area contributed by atoms with Gasteiger partial charge in [-0.05, 0) is 28.6 Å². The maximum atomic E-state index is 8.97. The second-order valence-corrected chi connectivity index (χ2v) is 6.71. The molecule has 98 valence electrons. The third-order valence-electron chi connectivity index (χ3n) is 3.19. The van der Waals surface area contributed by atoms with Crippen molar-refractivity contribution in [3.63, 3.8) is 0 Å². The molecule has 4 radical (unpaired) electrons. The minimum absolute atomic E-state index is 0.0613. The summed E-state index contributed by atoms with van der Waals surface area (Å²) in [5, 5.41) is 1.09. The van der Waals surface area contributed by atoms with Crippen LogP contribution in [0.4, 0.5) is 0 Å². The molecule has 0 bridgehead atoms. The molecule has 2 rings (SSSR count). The van der Waals surface area contributed by atoms with Crippen LogP contribution in [0.15, 0.2) is 24.3 Å². The fraction of sp³-hybridized carbons (Fsp3) is 0.571. The molecule has 1 atom stereocenters. The van der Waals surface area contributed by atoms with Gasteiger partial charge in [-0.25, -0.2) is 0 Å². The predicted octanol–water partition coefficient (Wildman–Crippen LogP) is 1.69. The molecule has 2 nitrogen and oxygen atoms in total. The highest BCUT2D eigenvalue weighted by Gasteiger charge is 2.27. The van der Waals surface area contributed by atoms with Gasteiger partial charge in [0.2, 0.25) is 9.76 Å². The monoisotopic (exact) mass is 278 g/mol. The average Bonchev–Trinajstić information content (AvgIpc) is 3.24. The molecule has 0 aliphatic heterocycles. The Morgan fingerprint density at radius 3 is 2.39 bits per heavy atom. The minimum atomic E-state index is -0.0613. The Kier molecular flexibility index (Phi) is 7.50. The lowest BCUT2D eigenvalue weighted by molar-refractivity contribution is 0.567. The summed E-state index contributed by atoms with van der Waals surface area (Å²) in [5.41, 5.74) is 1.89. The maximum absolute atomic E-state index is 8.97. The number of hydrogen-bond donors (Lipinski definition) is 2. The maximum Gasteiger partial charge on any atom is 0.265 e. The van der Waals surface area contributed by atoms with Crippen LogP contribution in [-0.2, 0) is 6.42 Å². The molecule has 1 aromatic carbocycles. The Bertz CT molecular complexity index is 340. The highest BCUT2D eigenvalue weighted by Crippen LogP contribution is 2.39. The van der Waals surface area contributed by atoms with Crippen LogP contribution in [0, 0.1) is 5.92 Å². The van der Waals surface area contributed by atoms with E-state index in [-0.39, 0.29) is 19.5 Å². The van der Waals surface area contributed by atoms with Gasteiger partial charge in [0.05, 0.1) is 0 Å². The van der Waals surface area contributed by atoms with Crippen molar-refractivity contribution >= 4 is 24.7 Å². The standard InChI is InChI=1S/C9H12OSi.C5H10OSi/c1-2-5-8-6-3-4-7-9(8)11-10;1-4(7-6)5-2-3-5/h3-4,6-7,10H,2,5H2,1H3;4-6H,2-3H2,1H3. The summed E-state index contributed by atoms with van der Waals surface area (Å²) in [7, 11) is 0.113. The molecular weight excluding hydrogens is 256 g/mol. The summed E-state index contributed by atoms with van der Waals surface area (Å²) >= 11 is 0. The van der Waals surface area contributed by atoms with Crippen molar-refractivity contribution in [2.45, 2.75) is 45.1 Å². The van der Waals surface area contributed by atoms with E-state index in [1.807, 2.05) is 18.2 Å². The van der Waals surface area contributed by atoms with Gasteiger partial charge in [0.15, 0.2) is 0 Å². The largest absolute Gasteiger partial charge is 0.431 e. The summed E-state index contributed by atoms with van der Waals surface area (Å²) in [6.07, 6.45) is 4.93. The van der Waals surface area contributed by atoms with Gasteiger partial charge in [-0.3, -0.25) is 0 Å². The lowest BCUT2D eigenvalue weighted by Crippen LogP contribution is -2.18. The topological polar surface area (TPSA) is 40.5 Å². The Labute approximate surface area is 115 Å². The summed E-state index contributed by atoms with van der Waals surface area (Å²) in [5.74, 6) is 0.878. The molecule has 0 heterocycles. The quantitative estimate of drug-likeness (QED) is 0.805. The lowest BCUT2D eigenvalue weighted by atomic mass is 10.1. The van der Waals surface area contributed by atoms with Gasteiger partial charge < -0.3 is 9.59 Å². The first-order chi connectivity index (χ1) is 8.72. The van der Waals surface area contributed by atoms with E-state index in [0.29, 0.717) is 5.54 Å². The van der Waals surface area contributed by atoms with E-state index in [2.05, 4.69) is 19.9 Å². The average molecular weight is 278 g/mol. The fourth-order valence-electron chi connectivity index (χ4n) is 1.82. The van der Waals surface area contributed by atoms with Crippen LogP contribution in [-0.4, -0.2) is 29.1 Å². The molecule has 1 fully saturated rings. The smallest absolute Gasteiger partial charge is 0.265 e. The lowest BCUT2D eigenvalue weighted by Gasteiger charge is -2.02. The van der Waals surface area contributed by atoms with Gasteiger partial charge in [0, 0.05) is 0 Å². The highest BCUT2D eigenvalue weighted by atomic mass is 28.2. The molecule has 1 unspecified atom stereocenters. The summed E-state index contributed by atoms with van der Waals surface area (Å²) < 4.78 is 0. The van der Waals surface area contributed by atoms with E-state index in [1.165, 1.54) is 18.4 Å². The van der Waals surface area contributed by atoms with Crippen LogP contribution < -0.4 is 5.19 Å². The van der Waals surface area contributed by atoms with E-state index < -0.39 is 0 Å². The van der Waals surface area contributed by atoms with Gasteiger partial charge in [0.1, 0.15) is 0 Å². The SMILES string of the molecule is CC([Si]O)C1CC1.CCCc1ccccc1[Si]O. The first kappa shape index (κ1) is 15.6. The molecule has 0 amide bonds. The van der Waals surface area contributed by atoms with Crippen molar-refractivity contribution in [2.75, 3.05) is 0 Å². The van der Waals surface area contributed by atoms with Crippen LogP contribution in [0.1, 0.15) is 38.7 Å². The van der Waals surface area contributed by atoms with E-state index in [0.717, 1.165) is 23.9 Å². The molecule has 4 heteroatoms. The number of hydrogen-bond acceptors (Lipinski definition) is 2. The highest BCUT2D eigenvalue weighted by molar-refractivity contribution is 6.46. The summed E-state index contributed by atoms with van der Waals surface area (Å²) in [6.45, 7) is 4.27. The van der Waals surface area contributed by atoms with Gasteiger partial charge in [-0.2, -0.15) is 0 Å². The molecule has 1 saturated carbocycles. The molecule has 2 N–H and O–H groups in total. The van der Waals surface area contributed by atoms with Gasteiger partial charge in [-0.1, -0.05) is 57.4 Å². The number of rotatable bonds is 5. The van der Waals surface area contributed by atoms with E-state index in [9.17, 15) is 0 Å². The predicted molar refractivity (Wildman–Crippen MR) is 78.2 cm³/mol. The van der Waals surface area contributed by atoms with Crippen LogP contribution in [0.25, 0.3) is 0 Å². The third kappa shape index (κ3) is 5.48. The van der Waals surface area contributed by atoms with Crippen LogP contribution in [0.2, 0.25) is 5.54 Å². The van der Waals surface area contributed by atoms with E-state index in [1.54, 1.807) is 0 Å². The second-order valence-electron chi connectivity index (χ2n) is 4.77.